The van der Waals surface area contributed by atoms with Crippen LogP contribution < -0.4 is 10.6 Å². The molecule has 2 aromatic heterocycles. The SMILES string of the molecule is Cc1nc2c(c(Nc3cccnc3)n1)CNCC2. The van der Waals surface area contributed by atoms with E-state index in [1.54, 1.807) is 12.4 Å². The second-order valence-corrected chi connectivity index (χ2v) is 4.34. The van der Waals surface area contributed by atoms with Gasteiger partial charge < -0.3 is 10.6 Å². The van der Waals surface area contributed by atoms with Gasteiger partial charge in [0.15, 0.2) is 0 Å². The minimum Gasteiger partial charge on any atom is -0.339 e. The van der Waals surface area contributed by atoms with Gasteiger partial charge in [-0.1, -0.05) is 0 Å². The molecule has 0 amide bonds. The quantitative estimate of drug-likeness (QED) is 0.835. The first-order valence-corrected chi connectivity index (χ1v) is 6.07. The van der Waals surface area contributed by atoms with Gasteiger partial charge in [0, 0.05) is 31.3 Å². The maximum absolute atomic E-state index is 4.51. The minimum absolute atomic E-state index is 0.807. The number of fused-ring (bicyclic) bond motifs is 1. The van der Waals surface area contributed by atoms with Gasteiger partial charge in [-0.2, -0.15) is 0 Å². The minimum atomic E-state index is 0.807. The van der Waals surface area contributed by atoms with Crippen LogP contribution in [0.25, 0.3) is 0 Å². The molecule has 0 atom stereocenters. The predicted molar refractivity (Wildman–Crippen MR) is 69.7 cm³/mol. The first-order chi connectivity index (χ1) is 8.83. The van der Waals surface area contributed by atoms with Crippen LogP contribution in [0.15, 0.2) is 24.5 Å². The number of nitrogens with one attached hydrogen (secondary N) is 2. The Labute approximate surface area is 106 Å². The van der Waals surface area contributed by atoms with Crippen molar-refractivity contribution >= 4 is 11.5 Å². The summed E-state index contributed by atoms with van der Waals surface area (Å²) in [5.74, 6) is 1.69. The molecule has 1 aliphatic heterocycles. The second-order valence-electron chi connectivity index (χ2n) is 4.34. The maximum Gasteiger partial charge on any atom is 0.138 e. The summed E-state index contributed by atoms with van der Waals surface area (Å²) >= 11 is 0. The molecule has 0 aliphatic carbocycles. The zero-order valence-electron chi connectivity index (χ0n) is 10.3. The van der Waals surface area contributed by atoms with Crippen molar-refractivity contribution < 1.29 is 0 Å². The average Bonchev–Trinajstić information content (AvgIpc) is 2.40. The molecule has 5 nitrogen and oxygen atoms in total. The van der Waals surface area contributed by atoms with Crippen LogP contribution in [0.2, 0.25) is 0 Å². The van der Waals surface area contributed by atoms with Crippen molar-refractivity contribution in [1.82, 2.24) is 20.3 Å². The Kier molecular flexibility index (Phi) is 2.90. The zero-order valence-corrected chi connectivity index (χ0v) is 10.3. The van der Waals surface area contributed by atoms with Crippen molar-refractivity contribution in [1.29, 1.82) is 0 Å². The van der Waals surface area contributed by atoms with E-state index in [1.807, 2.05) is 19.1 Å². The zero-order chi connectivity index (χ0) is 12.4. The second kappa shape index (κ2) is 4.70. The number of aryl methyl sites for hydroxylation is 1. The first kappa shape index (κ1) is 11.1. The normalized spacial score (nSPS) is 14.1. The van der Waals surface area contributed by atoms with E-state index < -0.39 is 0 Å². The summed E-state index contributed by atoms with van der Waals surface area (Å²) in [5, 5.41) is 6.67. The topological polar surface area (TPSA) is 62.7 Å². The third-order valence-corrected chi connectivity index (χ3v) is 2.97. The molecule has 0 saturated heterocycles. The molecule has 0 radical (unpaired) electrons. The molecule has 0 saturated carbocycles. The smallest absolute Gasteiger partial charge is 0.138 e. The van der Waals surface area contributed by atoms with Crippen molar-refractivity contribution in [3.8, 4) is 0 Å². The molecule has 0 aromatic carbocycles. The largest absolute Gasteiger partial charge is 0.339 e. The number of aromatic nitrogens is 3. The van der Waals surface area contributed by atoms with Crippen LogP contribution in [0.1, 0.15) is 17.1 Å². The van der Waals surface area contributed by atoms with E-state index in [2.05, 4.69) is 25.6 Å². The monoisotopic (exact) mass is 241 g/mol. The van der Waals surface area contributed by atoms with Crippen LogP contribution in [0, 0.1) is 6.92 Å². The van der Waals surface area contributed by atoms with Gasteiger partial charge in [0.25, 0.3) is 0 Å². The van der Waals surface area contributed by atoms with Crippen LogP contribution in [-0.4, -0.2) is 21.5 Å². The summed E-state index contributed by atoms with van der Waals surface area (Å²) in [7, 11) is 0. The summed E-state index contributed by atoms with van der Waals surface area (Å²) in [5.41, 5.74) is 3.26. The van der Waals surface area contributed by atoms with Crippen LogP contribution in [0.3, 0.4) is 0 Å². The first-order valence-electron chi connectivity index (χ1n) is 6.07. The molecule has 0 unspecified atom stereocenters. The lowest BCUT2D eigenvalue weighted by molar-refractivity contribution is 0.625. The fourth-order valence-corrected chi connectivity index (χ4v) is 2.14. The fraction of sp³-hybridized carbons (Fsp3) is 0.308. The third kappa shape index (κ3) is 2.17. The van der Waals surface area contributed by atoms with Crippen molar-refractivity contribution in [3.05, 3.63) is 41.6 Å². The number of rotatable bonds is 2. The molecule has 0 fully saturated rings. The van der Waals surface area contributed by atoms with Crippen LogP contribution in [0.4, 0.5) is 11.5 Å². The molecule has 2 N–H and O–H groups in total. The van der Waals surface area contributed by atoms with Gasteiger partial charge in [-0.05, 0) is 19.1 Å². The highest BCUT2D eigenvalue weighted by atomic mass is 15.1. The Bertz CT molecular complexity index is 553. The Morgan fingerprint density at radius 3 is 3.11 bits per heavy atom. The lowest BCUT2D eigenvalue weighted by Crippen LogP contribution is -2.26. The van der Waals surface area contributed by atoms with Crippen molar-refractivity contribution in [2.75, 3.05) is 11.9 Å². The Morgan fingerprint density at radius 1 is 1.33 bits per heavy atom. The number of nitrogens with zero attached hydrogens (tertiary/aromatic N) is 3. The van der Waals surface area contributed by atoms with Crippen LogP contribution in [0.5, 0.6) is 0 Å². The van der Waals surface area contributed by atoms with Gasteiger partial charge in [-0.3, -0.25) is 4.98 Å². The maximum atomic E-state index is 4.51. The fourth-order valence-electron chi connectivity index (χ4n) is 2.14. The van der Waals surface area contributed by atoms with Crippen LogP contribution in [-0.2, 0) is 13.0 Å². The predicted octanol–water partition coefficient (Wildman–Crippen LogP) is 1.57. The summed E-state index contributed by atoms with van der Waals surface area (Å²) in [6.45, 7) is 3.73. The van der Waals surface area contributed by atoms with Gasteiger partial charge in [0.1, 0.15) is 11.6 Å². The van der Waals surface area contributed by atoms with E-state index in [-0.39, 0.29) is 0 Å². The molecule has 18 heavy (non-hydrogen) atoms. The van der Waals surface area contributed by atoms with Crippen molar-refractivity contribution in [2.45, 2.75) is 19.9 Å². The summed E-state index contributed by atoms with van der Waals surface area (Å²) in [6.07, 6.45) is 4.51. The summed E-state index contributed by atoms with van der Waals surface area (Å²) in [4.78, 5) is 13.1. The highest BCUT2D eigenvalue weighted by molar-refractivity contribution is 5.59. The van der Waals surface area contributed by atoms with Gasteiger partial charge in [0.05, 0.1) is 17.6 Å². The number of hydrogen-bond donors (Lipinski definition) is 2. The highest BCUT2D eigenvalue weighted by Gasteiger charge is 2.16. The van der Waals surface area contributed by atoms with Crippen molar-refractivity contribution in [3.63, 3.8) is 0 Å². The highest BCUT2D eigenvalue weighted by Crippen LogP contribution is 2.22. The van der Waals surface area contributed by atoms with E-state index in [0.29, 0.717) is 0 Å². The van der Waals surface area contributed by atoms with E-state index in [1.165, 1.54) is 0 Å². The standard InChI is InChI=1S/C13H15N5/c1-9-16-12-4-6-15-8-11(12)13(17-9)18-10-3-2-5-14-7-10/h2-3,5,7,15H,4,6,8H2,1H3,(H,16,17,18). The molecular weight excluding hydrogens is 226 g/mol. The Hall–Kier alpha value is -2.01. The average molecular weight is 241 g/mol. The van der Waals surface area contributed by atoms with Gasteiger partial charge in [-0.25, -0.2) is 9.97 Å². The van der Waals surface area contributed by atoms with E-state index >= 15 is 0 Å². The number of hydrogen-bond acceptors (Lipinski definition) is 5. The molecule has 2 aromatic rings. The van der Waals surface area contributed by atoms with E-state index in [4.69, 9.17) is 0 Å². The molecule has 92 valence electrons. The molecule has 3 rings (SSSR count). The Balaban J connectivity index is 1.98. The molecule has 5 heteroatoms. The molecule has 3 heterocycles. The van der Waals surface area contributed by atoms with Gasteiger partial charge in [0.2, 0.25) is 0 Å². The summed E-state index contributed by atoms with van der Waals surface area (Å²) in [6, 6.07) is 3.88. The van der Waals surface area contributed by atoms with E-state index in [0.717, 1.165) is 48.1 Å². The number of pyridine rings is 1. The Morgan fingerprint density at radius 2 is 2.28 bits per heavy atom. The lowest BCUT2D eigenvalue weighted by atomic mass is 10.1. The van der Waals surface area contributed by atoms with Crippen LogP contribution >= 0.6 is 0 Å². The molecule has 1 aliphatic rings. The van der Waals surface area contributed by atoms with Crippen molar-refractivity contribution in [2.24, 2.45) is 0 Å². The molecule has 0 bridgehead atoms. The third-order valence-electron chi connectivity index (χ3n) is 2.97. The molecule has 0 spiro atoms. The summed E-state index contributed by atoms with van der Waals surface area (Å²) < 4.78 is 0. The van der Waals surface area contributed by atoms with E-state index in [9.17, 15) is 0 Å². The molecular formula is C13H15N5. The van der Waals surface area contributed by atoms with Gasteiger partial charge in [-0.15, -0.1) is 0 Å². The van der Waals surface area contributed by atoms with Gasteiger partial charge >= 0.3 is 0 Å². The lowest BCUT2D eigenvalue weighted by Gasteiger charge is -2.20. The number of anilines is 2.